The maximum Gasteiger partial charge on any atom is 0.141 e. The minimum Gasteiger partial charge on any atom is -0.302 e. The zero-order chi connectivity index (χ0) is 14.7. The number of aromatic nitrogens is 1. The van der Waals surface area contributed by atoms with Crippen LogP contribution in [-0.4, -0.2) is 4.98 Å². The molecule has 0 spiro atoms. The van der Waals surface area contributed by atoms with Crippen molar-refractivity contribution in [3.63, 3.8) is 0 Å². The van der Waals surface area contributed by atoms with Gasteiger partial charge in [-0.05, 0) is 50.1 Å². The van der Waals surface area contributed by atoms with Crippen LogP contribution in [0.15, 0.2) is 36.5 Å². The van der Waals surface area contributed by atoms with Gasteiger partial charge in [0.1, 0.15) is 11.6 Å². The highest BCUT2D eigenvalue weighted by Crippen LogP contribution is 2.20. The summed E-state index contributed by atoms with van der Waals surface area (Å²) in [7, 11) is 0. The van der Waals surface area contributed by atoms with Gasteiger partial charge in [0.15, 0.2) is 0 Å². The van der Waals surface area contributed by atoms with E-state index in [4.69, 9.17) is 0 Å². The van der Waals surface area contributed by atoms with Crippen LogP contribution in [0.2, 0.25) is 0 Å². The van der Waals surface area contributed by atoms with Crippen LogP contribution in [0, 0.1) is 18.6 Å². The summed E-state index contributed by atoms with van der Waals surface area (Å²) in [6, 6.07) is 8.18. The molecule has 1 N–H and O–H groups in total. The molecule has 106 valence electrons. The van der Waals surface area contributed by atoms with Crippen molar-refractivity contribution < 1.29 is 8.78 Å². The molecular formula is C16H18F2N2. The molecule has 2 atom stereocenters. The van der Waals surface area contributed by atoms with Crippen molar-refractivity contribution in [3.05, 3.63) is 65.0 Å². The van der Waals surface area contributed by atoms with E-state index in [1.165, 1.54) is 18.3 Å². The molecule has 0 saturated carbocycles. The SMILES string of the molecule is Cc1ccc(C(C)NC(C)c2ccc(F)cn2)cc1F. The van der Waals surface area contributed by atoms with E-state index < -0.39 is 0 Å². The first-order valence-corrected chi connectivity index (χ1v) is 6.61. The molecule has 0 aliphatic heterocycles. The van der Waals surface area contributed by atoms with Crippen molar-refractivity contribution >= 4 is 0 Å². The summed E-state index contributed by atoms with van der Waals surface area (Å²) in [5.74, 6) is -0.557. The van der Waals surface area contributed by atoms with Gasteiger partial charge in [0.05, 0.1) is 11.9 Å². The highest BCUT2D eigenvalue weighted by molar-refractivity contribution is 5.25. The molecule has 4 heteroatoms. The van der Waals surface area contributed by atoms with Crippen molar-refractivity contribution in [1.29, 1.82) is 0 Å². The standard InChI is InChI=1S/C16H18F2N2/c1-10-4-5-13(8-15(10)18)11(2)20-12(3)16-7-6-14(17)9-19-16/h4-9,11-12,20H,1-3H3. The highest BCUT2D eigenvalue weighted by Gasteiger charge is 2.13. The van der Waals surface area contributed by atoms with Gasteiger partial charge in [-0.2, -0.15) is 0 Å². The first-order chi connectivity index (χ1) is 9.47. The Morgan fingerprint density at radius 3 is 2.40 bits per heavy atom. The van der Waals surface area contributed by atoms with Crippen LogP contribution in [0.5, 0.6) is 0 Å². The Bertz CT molecular complexity index is 582. The Morgan fingerprint density at radius 2 is 1.80 bits per heavy atom. The molecule has 0 aliphatic rings. The molecule has 0 saturated heterocycles. The summed E-state index contributed by atoms with van der Waals surface area (Å²) >= 11 is 0. The van der Waals surface area contributed by atoms with Gasteiger partial charge in [-0.25, -0.2) is 8.78 Å². The summed E-state index contributed by atoms with van der Waals surface area (Å²) in [4.78, 5) is 4.05. The van der Waals surface area contributed by atoms with Crippen molar-refractivity contribution in [2.75, 3.05) is 0 Å². The van der Waals surface area contributed by atoms with Gasteiger partial charge < -0.3 is 5.32 Å². The summed E-state index contributed by atoms with van der Waals surface area (Å²) in [5, 5.41) is 3.33. The molecule has 2 unspecified atom stereocenters. The van der Waals surface area contributed by atoms with Gasteiger partial charge in [-0.3, -0.25) is 4.98 Å². The fourth-order valence-corrected chi connectivity index (χ4v) is 2.08. The minimum atomic E-state index is -0.352. The molecule has 2 aromatic rings. The van der Waals surface area contributed by atoms with Gasteiger partial charge in [-0.1, -0.05) is 12.1 Å². The summed E-state index contributed by atoms with van der Waals surface area (Å²) in [6.45, 7) is 5.65. The van der Waals surface area contributed by atoms with E-state index in [-0.39, 0.29) is 23.7 Å². The van der Waals surface area contributed by atoms with Crippen LogP contribution in [0.25, 0.3) is 0 Å². The number of aryl methyl sites for hydroxylation is 1. The van der Waals surface area contributed by atoms with Crippen LogP contribution in [0.3, 0.4) is 0 Å². The van der Waals surface area contributed by atoms with E-state index in [1.54, 1.807) is 19.1 Å². The maximum atomic E-state index is 13.6. The van der Waals surface area contributed by atoms with Gasteiger partial charge in [0.25, 0.3) is 0 Å². The zero-order valence-corrected chi connectivity index (χ0v) is 11.8. The number of halogens is 2. The molecule has 1 heterocycles. The Labute approximate surface area is 117 Å². The number of rotatable bonds is 4. The van der Waals surface area contributed by atoms with E-state index in [9.17, 15) is 8.78 Å². The molecule has 1 aromatic carbocycles. The number of nitrogens with zero attached hydrogens (tertiary/aromatic N) is 1. The smallest absolute Gasteiger partial charge is 0.141 e. The largest absolute Gasteiger partial charge is 0.302 e. The second-order valence-corrected chi connectivity index (χ2v) is 5.02. The van der Waals surface area contributed by atoms with Crippen LogP contribution in [0.1, 0.15) is 42.8 Å². The molecule has 0 bridgehead atoms. The van der Waals surface area contributed by atoms with Gasteiger partial charge in [0, 0.05) is 12.1 Å². The molecule has 2 nitrogen and oxygen atoms in total. The van der Waals surface area contributed by atoms with E-state index in [2.05, 4.69) is 10.3 Å². The van der Waals surface area contributed by atoms with E-state index in [0.29, 0.717) is 5.56 Å². The Morgan fingerprint density at radius 1 is 1.05 bits per heavy atom. The molecule has 1 aromatic heterocycles. The fourth-order valence-electron chi connectivity index (χ4n) is 2.08. The number of pyridine rings is 1. The second-order valence-electron chi connectivity index (χ2n) is 5.02. The van der Waals surface area contributed by atoms with Crippen molar-refractivity contribution in [3.8, 4) is 0 Å². The van der Waals surface area contributed by atoms with Crippen LogP contribution in [-0.2, 0) is 0 Å². The zero-order valence-electron chi connectivity index (χ0n) is 11.8. The van der Waals surface area contributed by atoms with Crippen LogP contribution < -0.4 is 5.32 Å². The first-order valence-electron chi connectivity index (χ1n) is 6.61. The molecule has 20 heavy (non-hydrogen) atoms. The third-order valence-corrected chi connectivity index (χ3v) is 3.39. The van der Waals surface area contributed by atoms with E-state index >= 15 is 0 Å². The predicted octanol–water partition coefficient (Wildman–Crippen LogP) is 4.08. The third-order valence-electron chi connectivity index (χ3n) is 3.39. The Balaban J connectivity index is 2.08. The number of nitrogens with one attached hydrogen (secondary N) is 1. The topological polar surface area (TPSA) is 24.9 Å². The fraction of sp³-hybridized carbons (Fsp3) is 0.312. The molecule has 0 aliphatic carbocycles. The Kier molecular flexibility index (Phi) is 4.45. The molecule has 0 fully saturated rings. The van der Waals surface area contributed by atoms with Gasteiger partial charge >= 0.3 is 0 Å². The molecular weight excluding hydrogens is 258 g/mol. The van der Waals surface area contributed by atoms with Crippen molar-refractivity contribution in [2.24, 2.45) is 0 Å². The molecule has 2 rings (SSSR count). The summed E-state index contributed by atoms with van der Waals surface area (Å²) in [5.41, 5.74) is 2.27. The lowest BCUT2D eigenvalue weighted by Crippen LogP contribution is -2.23. The summed E-state index contributed by atoms with van der Waals surface area (Å²) in [6.07, 6.45) is 1.20. The molecule has 0 amide bonds. The lowest BCUT2D eigenvalue weighted by atomic mass is 10.0. The number of hydrogen-bond acceptors (Lipinski definition) is 2. The average Bonchev–Trinajstić information content (AvgIpc) is 2.42. The lowest BCUT2D eigenvalue weighted by molar-refractivity contribution is 0.482. The maximum absolute atomic E-state index is 13.6. The summed E-state index contributed by atoms with van der Waals surface area (Å²) < 4.78 is 26.4. The van der Waals surface area contributed by atoms with Crippen LogP contribution in [0.4, 0.5) is 8.78 Å². The second kappa shape index (κ2) is 6.09. The number of hydrogen-bond donors (Lipinski definition) is 1. The first kappa shape index (κ1) is 14.6. The third kappa shape index (κ3) is 3.39. The normalized spacial score (nSPS) is 14.1. The minimum absolute atomic E-state index is 0.0213. The lowest BCUT2D eigenvalue weighted by Gasteiger charge is -2.20. The van der Waals surface area contributed by atoms with Gasteiger partial charge in [-0.15, -0.1) is 0 Å². The monoisotopic (exact) mass is 276 g/mol. The van der Waals surface area contributed by atoms with Crippen molar-refractivity contribution in [1.82, 2.24) is 10.3 Å². The van der Waals surface area contributed by atoms with Gasteiger partial charge in [0.2, 0.25) is 0 Å². The molecule has 0 radical (unpaired) electrons. The quantitative estimate of drug-likeness (QED) is 0.910. The van der Waals surface area contributed by atoms with E-state index in [1.807, 2.05) is 19.9 Å². The highest BCUT2D eigenvalue weighted by atomic mass is 19.1. The van der Waals surface area contributed by atoms with Crippen LogP contribution >= 0.6 is 0 Å². The average molecular weight is 276 g/mol. The van der Waals surface area contributed by atoms with Crippen molar-refractivity contribution in [2.45, 2.75) is 32.9 Å². The van der Waals surface area contributed by atoms with E-state index in [0.717, 1.165) is 11.3 Å². The Hall–Kier alpha value is -1.81. The predicted molar refractivity (Wildman–Crippen MR) is 75.3 cm³/mol. The number of benzene rings is 1.